The summed E-state index contributed by atoms with van der Waals surface area (Å²) in [5, 5.41) is 0. The second kappa shape index (κ2) is 6.18. The third-order valence-corrected chi connectivity index (χ3v) is 3.93. The van der Waals surface area contributed by atoms with E-state index >= 15 is 0 Å². The van der Waals surface area contributed by atoms with E-state index in [1.807, 2.05) is 12.1 Å². The predicted octanol–water partition coefficient (Wildman–Crippen LogP) is 3.68. The monoisotopic (exact) mass is 262 g/mol. The minimum absolute atomic E-state index is 0.555. The van der Waals surface area contributed by atoms with Crippen molar-refractivity contribution >= 4 is 11.4 Å². The van der Waals surface area contributed by atoms with Gasteiger partial charge in [0.15, 0.2) is 0 Å². The fourth-order valence-electron chi connectivity index (χ4n) is 2.75. The van der Waals surface area contributed by atoms with Crippen LogP contribution in [0.2, 0.25) is 0 Å². The van der Waals surface area contributed by atoms with Gasteiger partial charge in [-0.1, -0.05) is 19.9 Å². The van der Waals surface area contributed by atoms with Crippen LogP contribution in [0, 0.1) is 5.92 Å². The predicted molar refractivity (Wildman–Crippen MR) is 81.8 cm³/mol. The molecule has 3 nitrogen and oxygen atoms in total. The van der Waals surface area contributed by atoms with Gasteiger partial charge in [-0.05, 0) is 44.2 Å². The third kappa shape index (κ3) is 3.14. The summed E-state index contributed by atoms with van der Waals surface area (Å²) in [7, 11) is 0. The standard InChI is InChI=1S/C16H26N2O/c1-4-10-19-15-7-5-6-14(16(15)17)18-11-12(2)8-9-13(18)3/h5-7,12-13H,4,8-11,17H2,1-3H3. The molecule has 1 aromatic carbocycles. The Bertz CT molecular complexity index is 419. The average Bonchev–Trinajstić information content (AvgIpc) is 2.41. The number of nitrogen functional groups attached to an aromatic ring is 1. The van der Waals surface area contributed by atoms with Gasteiger partial charge >= 0.3 is 0 Å². The number of anilines is 2. The first-order valence-corrected chi connectivity index (χ1v) is 7.41. The van der Waals surface area contributed by atoms with Crippen LogP contribution in [0.4, 0.5) is 11.4 Å². The molecule has 1 saturated heterocycles. The third-order valence-electron chi connectivity index (χ3n) is 3.93. The van der Waals surface area contributed by atoms with Crippen molar-refractivity contribution in [2.24, 2.45) is 5.92 Å². The lowest BCUT2D eigenvalue weighted by atomic mass is 9.94. The van der Waals surface area contributed by atoms with Crippen molar-refractivity contribution in [2.45, 2.75) is 46.1 Å². The van der Waals surface area contributed by atoms with Crippen molar-refractivity contribution in [3.63, 3.8) is 0 Å². The Labute approximate surface area is 116 Å². The lowest BCUT2D eigenvalue weighted by Gasteiger charge is -2.39. The van der Waals surface area contributed by atoms with E-state index in [2.05, 4.69) is 31.7 Å². The number of piperidine rings is 1. The van der Waals surface area contributed by atoms with E-state index in [0.717, 1.165) is 42.6 Å². The molecule has 1 heterocycles. The van der Waals surface area contributed by atoms with Crippen molar-refractivity contribution in [2.75, 3.05) is 23.8 Å². The molecule has 3 heteroatoms. The quantitative estimate of drug-likeness (QED) is 0.841. The maximum atomic E-state index is 6.30. The topological polar surface area (TPSA) is 38.5 Å². The molecule has 2 N–H and O–H groups in total. The van der Waals surface area contributed by atoms with Gasteiger partial charge in [0.05, 0.1) is 18.0 Å². The Morgan fingerprint density at radius 1 is 1.32 bits per heavy atom. The SMILES string of the molecule is CCCOc1cccc(N2CC(C)CCC2C)c1N. The molecular weight excluding hydrogens is 236 g/mol. The fourth-order valence-corrected chi connectivity index (χ4v) is 2.75. The number of benzene rings is 1. The van der Waals surface area contributed by atoms with Crippen LogP contribution in [0.25, 0.3) is 0 Å². The molecule has 2 atom stereocenters. The molecule has 0 radical (unpaired) electrons. The molecule has 19 heavy (non-hydrogen) atoms. The number of hydrogen-bond donors (Lipinski definition) is 1. The van der Waals surface area contributed by atoms with Gasteiger partial charge in [-0.15, -0.1) is 0 Å². The Morgan fingerprint density at radius 3 is 2.84 bits per heavy atom. The maximum Gasteiger partial charge on any atom is 0.144 e. The van der Waals surface area contributed by atoms with Gasteiger partial charge in [0.25, 0.3) is 0 Å². The van der Waals surface area contributed by atoms with Crippen molar-refractivity contribution in [1.82, 2.24) is 0 Å². The summed E-state index contributed by atoms with van der Waals surface area (Å²) in [6.45, 7) is 8.51. The molecular formula is C16H26N2O. The number of para-hydroxylation sites is 1. The van der Waals surface area contributed by atoms with Gasteiger partial charge in [0, 0.05) is 12.6 Å². The summed E-state index contributed by atoms with van der Waals surface area (Å²) in [4.78, 5) is 2.43. The number of hydrogen-bond acceptors (Lipinski definition) is 3. The van der Waals surface area contributed by atoms with Gasteiger partial charge in [0.2, 0.25) is 0 Å². The van der Waals surface area contributed by atoms with Gasteiger partial charge in [-0.2, -0.15) is 0 Å². The summed E-state index contributed by atoms with van der Waals surface area (Å²) < 4.78 is 5.73. The van der Waals surface area contributed by atoms with E-state index < -0.39 is 0 Å². The summed E-state index contributed by atoms with van der Waals surface area (Å²) in [5.74, 6) is 1.56. The van der Waals surface area contributed by atoms with E-state index in [1.165, 1.54) is 12.8 Å². The van der Waals surface area contributed by atoms with E-state index in [-0.39, 0.29) is 0 Å². The van der Waals surface area contributed by atoms with Crippen molar-refractivity contribution < 1.29 is 4.74 Å². The molecule has 0 aromatic heterocycles. The molecule has 0 saturated carbocycles. The maximum absolute atomic E-state index is 6.30. The Hall–Kier alpha value is -1.38. The molecule has 106 valence electrons. The van der Waals surface area contributed by atoms with Crippen LogP contribution in [-0.4, -0.2) is 19.2 Å². The second-order valence-electron chi connectivity index (χ2n) is 5.72. The van der Waals surface area contributed by atoms with Crippen LogP contribution in [-0.2, 0) is 0 Å². The fraction of sp³-hybridized carbons (Fsp3) is 0.625. The Morgan fingerprint density at radius 2 is 2.11 bits per heavy atom. The van der Waals surface area contributed by atoms with Crippen molar-refractivity contribution in [1.29, 1.82) is 0 Å². The van der Waals surface area contributed by atoms with Crippen LogP contribution < -0.4 is 15.4 Å². The molecule has 0 bridgehead atoms. The molecule has 0 amide bonds. The molecule has 2 rings (SSSR count). The summed E-state index contributed by atoms with van der Waals surface area (Å²) in [6, 6.07) is 6.68. The summed E-state index contributed by atoms with van der Waals surface area (Å²) in [6.07, 6.45) is 3.55. The first-order valence-electron chi connectivity index (χ1n) is 7.41. The molecule has 2 unspecified atom stereocenters. The summed E-state index contributed by atoms with van der Waals surface area (Å²) >= 11 is 0. The smallest absolute Gasteiger partial charge is 0.144 e. The van der Waals surface area contributed by atoms with Gasteiger partial charge in [-0.3, -0.25) is 0 Å². The molecule has 1 fully saturated rings. The Balaban J connectivity index is 2.23. The molecule has 0 spiro atoms. The zero-order valence-corrected chi connectivity index (χ0v) is 12.4. The van der Waals surface area contributed by atoms with E-state index in [9.17, 15) is 0 Å². The van der Waals surface area contributed by atoms with Gasteiger partial charge < -0.3 is 15.4 Å². The van der Waals surface area contributed by atoms with Crippen LogP contribution in [0.5, 0.6) is 5.75 Å². The number of nitrogens with zero attached hydrogens (tertiary/aromatic N) is 1. The Kier molecular flexibility index (Phi) is 4.56. The minimum Gasteiger partial charge on any atom is -0.491 e. The molecule has 1 aliphatic heterocycles. The highest BCUT2D eigenvalue weighted by atomic mass is 16.5. The number of ether oxygens (including phenoxy) is 1. The largest absolute Gasteiger partial charge is 0.491 e. The van der Waals surface area contributed by atoms with Crippen LogP contribution >= 0.6 is 0 Å². The number of rotatable bonds is 4. The zero-order chi connectivity index (χ0) is 13.8. The number of nitrogens with two attached hydrogens (primary N) is 1. The highest BCUT2D eigenvalue weighted by molar-refractivity contribution is 5.74. The lowest BCUT2D eigenvalue weighted by Crippen LogP contribution is -2.41. The van der Waals surface area contributed by atoms with Crippen molar-refractivity contribution in [3.05, 3.63) is 18.2 Å². The molecule has 1 aliphatic rings. The van der Waals surface area contributed by atoms with E-state index in [4.69, 9.17) is 10.5 Å². The summed E-state index contributed by atoms with van der Waals surface area (Å²) in [5.41, 5.74) is 8.22. The zero-order valence-electron chi connectivity index (χ0n) is 12.4. The molecule has 0 aliphatic carbocycles. The van der Waals surface area contributed by atoms with E-state index in [1.54, 1.807) is 0 Å². The highest BCUT2D eigenvalue weighted by Crippen LogP contribution is 2.36. The highest BCUT2D eigenvalue weighted by Gasteiger charge is 2.25. The first-order chi connectivity index (χ1) is 9.13. The average molecular weight is 262 g/mol. The second-order valence-corrected chi connectivity index (χ2v) is 5.72. The van der Waals surface area contributed by atoms with Crippen LogP contribution in [0.1, 0.15) is 40.0 Å². The van der Waals surface area contributed by atoms with Gasteiger partial charge in [0.1, 0.15) is 5.75 Å². The van der Waals surface area contributed by atoms with Gasteiger partial charge in [-0.25, -0.2) is 0 Å². The normalized spacial score (nSPS) is 23.4. The van der Waals surface area contributed by atoms with Crippen LogP contribution in [0.15, 0.2) is 18.2 Å². The first kappa shape index (κ1) is 14.0. The van der Waals surface area contributed by atoms with Crippen LogP contribution in [0.3, 0.4) is 0 Å². The lowest BCUT2D eigenvalue weighted by molar-refractivity contribution is 0.319. The van der Waals surface area contributed by atoms with E-state index in [0.29, 0.717) is 6.04 Å². The molecule has 1 aromatic rings. The van der Waals surface area contributed by atoms with Crippen molar-refractivity contribution in [3.8, 4) is 5.75 Å². The minimum atomic E-state index is 0.555.